The SMILES string of the molecule is COC(=O)CCc1ccc(C)n1-c1ccccc1. The van der Waals surface area contributed by atoms with Gasteiger partial charge in [0.05, 0.1) is 13.5 Å². The van der Waals surface area contributed by atoms with Crippen molar-refractivity contribution < 1.29 is 9.53 Å². The topological polar surface area (TPSA) is 31.2 Å². The minimum absolute atomic E-state index is 0.173. The van der Waals surface area contributed by atoms with Crippen molar-refractivity contribution >= 4 is 5.97 Å². The van der Waals surface area contributed by atoms with Crippen LogP contribution in [0.2, 0.25) is 0 Å². The van der Waals surface area contributed by atoms with E-state index in [2.05, 4.69) is 40.5 Å². The molecule has 0 N–H and O–H groups in total. The quantitative estimate of drug-likeness (QED) is 0.773. The zero-order chi connectivity index (χ0) is 13.0. The number of hydrogen-bond donors (Lipinski definition) is 0. The van der Waals surface area contributed by atoms with Crippen LogP contribution in [0.3, 0.4) is 0 Å². The van der Waals surface area contributed by atoms with Crippen LogP contribution in [-0.4, -0.2) is 17.6 Å². The lowest BCUT2D eigenvalue weighted by Crippen LogP contribution is -2.06. The minimum Gasteiger partial charge on any atom is -0.469 e. The summed E-state index contributed by atoms with van der Waals surface area (Å²) in [5, 5.41) is 0. The van der Waals surface area contributed by atoms with E-state index in [1.807, 2.05) is 18.2 Å². The van der Waals surface area contributed by atoms with E-state index in [-0.39, 0.29) is 5.97 Å². The number of benzene rings is 1. The number of aromatic nitrogens is 1. The number of hydrogen-bond acceptors (Lipinski definition) is 2. The van der Waals surface area contributed by atoms with Crippen molar-refractivity contribution in [1.82, 2.24) is 4.57 Å². The first-order chi connectivity index (χ1) is 8.72. The Morgan fingerprint density at radius 3 is 2.56 bits per heavy atom. The Morgan fingerprint density at radius 2 is 1.89 bits per heavy atom. The first kappa shape index (κ1) is 12.4. The maximum absolute atomic E-state index is 11.2. The summed E-state index contributed by atoms with van der Waals surface area (Å²) in [5.41, 5.74) is 3.42. The van der Waals surface area contributed by atoms with Gasteiger partial charge in [0.25, 0.3) is 0 Å². The molecule has 0 aliphatic heterocycles. The molecule has 0 spiro atoms. The number of rotatable bonds is 4. The van der Waals surface area contributed by atoms with Gasteiger partial charge in [-0.3, -0.25) is 4.79 Å². The van der Waals surface area contributed by atoms with Crippen molar-refractivity contribution in [3.8, 4) is 5.69 Å². The summed E-state index contributed by atoms with van der Waals surface area (Å²) >= 11 is 0. The van der Waals surface area contributed by atoms with Crippen molar-refractivity contribution in [2.45, 2.75) is 19.8 Å². The Bertz CT molecular complexity index is 529. The number of nitrogens with zero attached hydrogens (tertiary/aromatic N) is 1. The summed E-state index contributed by atoms with van der Waals surface area (Å²) in [6.45, 7) is 2.06. The summed E-state index contributed by atoms with van der Waals surface area (Å²) in [6, 6.07) is 14.3. The summed E-state index contributed by atoms with van der Waals surface area (Å²) in [7, 11) is 1.42. The number of carbonyl (C=O) groups is 1. The van der Waals surface area contributed by atoms with Crippen LogP contribution >= 0.6 is 0 Å². The Hall–Kier alpha value is -2.03. The lowest BCUT2D eigenvalue weighted by molar-refractivity contribution is -0.140. The van der Waals surface area contributed by atoms with Crippen LogP contribution in [0.4, 0.5) is 0 Å². The molecule has 0 aliphatic carbocycles. The van der Waals surface area contributed by atoms with E-state index in [9.17, 15) is 4.79 Å². The molecule has 0 aliphatic rings. The summed E-state index contributed by atoms with van der Waals surface area (Å²) in [5.74, 6) is -0.173. The molecule has 3 heteroatoms. The van der Waals surface area contributed by atoms with Gasteiger partial charge in [-0.2, -0.15) is 0 Å². The van der Waals surface area contributed by atoms with E-state index < -0.39 is 0 Å². The predicted molar refractivity (Wildman–Crippen MR) is 70.8 cm³/mol. The van der Waals surface area contributed by atoms with Gasteiger partial charge in [0, 0.05) is 17.1 Å². The fourth-order valence-corrected chi connectivity index (χ4v) is 2.07. The highest BCUT2D eigenvalue weighted by Crippen LogP contribution is 2.17. The largest absolute Gasteiger partial charge is 0.469 e. The molecule has 1 heterocycles. The average Bonchev–Trinajstić information content (AvgIpc) is 2.78. The van der Waals surface area contributed by atoms with Gasteiger partial charge < -0.3 is 9.30 Å². The van der Waals surface area contributed by atoms with Crippen molar-refractivity contribution in [3.05, 3.63) is 53.9 Å². The predicted octanol–water partition coefficient (Wildman–Crippen LogP) is 2.89. The standard InChI is InChI=1S/C15H17NO2/c1-12-8-9-14(10-11-15(17)18-2)16(12)13-6-4-3-5-7-13/h3-9H,10-11H2,1-2H3. The monoisotopic (exact) mass is 243 g/mol. The number of esters is 1. The molecule has 2 rings (SSSR count). The van der Waals surface area contributed by atoms with Crippen LogP contribution in [0.25, 0.3) is 5.69 Å². The van der Waals surface area contributed by atoms with Crippen LogP contribution in [0.1, 0.15) is 17.8 Å². The highest BCUT2D eigenvalue weighted by molar-refractivity contribution is 5.69. The van der Waals surface area contributed by atoms with Gasteiger partial charge in [0.15, 0.2) is 0 Å². The van der Waals surface area contributed by atoms with Crippen molar-refractivity contribution in [2.24, 2.45) is 0 Å². The van der Waals surface area contributed by atoms with E-state index in [0.29, 0.717) is 12.8 Å². The van der Waals surface area contributed by atoms with Gasteiger partial charge in [-0.1, -0.05) is 18.2 Å². The number of para-hydroxylation sites is 1. The molecule has 94 valence electrons. The van der Waals surface area contributed by atoms with Gasteiger partial charge >= 0.3 is 5.97 Å². The second-order valence-corrected chi connectivity index (χ2v) is 4.21. The highest BCUT2D eigenvalue weighted by atomic mass is 16.5. The van der Waals surface area contributed by atoms with Crippen LogP contribution in [0.15, 0.2) is 42.5 Å². The number of methoxy groups -OCH3 is 1. The molecule has 3 nitrogen and oxygen atoms in total. The fraction of sp³-hybridized carbons (Fsp3) is 0.267. The number of ether oxygens (including phenoxy) is 1. The van der Waals surface area contributed by atoms with Gasteiger partial charge in [-0.25, -0.2) is 0 Å². The maximum Gasteiger partial charge on any atom is 0.305 e. The Balaban J connectivity index is 2.25. The zero-order valence-electron chi connectivity index (χ0n) is 10.7. The van der Waals surface area contributed by atoms with Crippen LogP contribution in [0, 0.1) is 6.92 Å². The molecule has 1 aromatic heterocycles. The van der Waals surface area contributed by atoms with Crippen LogP contribution < -0.4 is 0 Å². The Kier molecular flexibility index (Phi) is 3.82. The highest BCUT2D eigenvalue weighted by Gasteiger charge is 2.09. The lowest BCUT2D eigenvalue weighted by Gasteiger charge is -2.11. The maximum atomic E-state index is 11.2. The van der Waals surface area contributed by atoms with Crippen LogP contribution in [0.5, 0.6) is 0 Å². The zero-order valence-corrected chi connectivity index (χ0v) is 10.7. The fourth-order valence-electron chi connectivity index (χ4n) is 2.07. The van der Waals surface area contributed by atoms with Crippen molar-refractivity contribution in [2.75, 3.05) is 7.11 Å². The van der Waals surface area contributed by atoms with E-state index >= 15 is 0 Å². The van der Waals surface area contributed by atoms with Gasteiger partial charge in [0.2, 0.25) is 0 Å². The Morgan fingerprint density at radius 1 is 1.17 bits per heavy atom. The molecule has 0 radical (unpaired) electrons. The molecule has 0 unspecified atom stereocenters. The minimum atomic E-state index is -0.173. The third-order valence-electron chi connectivity index (χ3n) is 2.98. The van der Waals surface area contributed by atoms with Crippen molar-refractivity contribution in [1.29, 1.82) is 0 Å². The molecule has 0 bridgehead atoms. The molecule has 1 aromatic carbocycles. The molecule has 0 saturated carbocycles. The normalized spacial score (nSPS) is 10.3. The van der Waals surface area contributed by atoms with E-state index in [4.69, 9.17) is 0 Å². The first-order valence-corrected chi connectivity index (χ1v) is 6.02. The average molecular weight is 243 g/mol. The summed E-state index contributed by atoms with van der Waals surface area (Å²) < 4.78 is 6.85. The molecule has 0 fully saturated rings. The molecular formula is C15H17NO2. The van der Waals surface area contributed by atoms with Gasteiger partial charge in [-0.05, 0) is 37.6 Å². The Labute approximate surface area is 107 Å². The smallest absolute Gasteiger partial charge is 0.305 e. The lowest BCUT2D eigenvalue weighted by atomic mass is 10.2. The van der Waals surface area contributed by atoms with Gasteiger partial charge in [-0.15, -0.1) is 0 Å². The first-order valence-electron chi connectivity index (χ1n) is 6.02. The number of carbonyl (C=O) groups excluding carboxylic acids is 1. The third kappa shape index (κ3) is 2.62. The van der Waals surface area contributed by atoms with Crippen LogP contribution in [-0.2, 0) is 16.0 Å². The van der Waals surface area contributed by atoms with E-state index in [1.165, 1.54) is 12.8 Å². The number of aryl methyl sites for hydroxylation is 2. The summed E-state index contributed by atoms with van der Waals surface area (Å²) in [4.78, 5) is 11.2. The molecule has 0 amide bonds. The van der Waals surface area contributed by atoms with Gasteiger partial charge in [0.1, 0.15) is 0 Å². The van der Waals surface area contributed by atoms with Crippen molar-refractivity contribution in [3.63, 3.8) is 0 Å². The third-order valence-corrected chi connectivity index (χ3v) is 2.98. The summed E-state index contributed by atoms with van der Waals surface area (Å²) in [6.07, 6.45) is 1.10. The molecule has 0 atom stereocenters. The molecule has 18 heavy (non-hydrogen) atoms. The van der Waals surface area contributed by atoms with E-state index in [0.717, 1.165) is 11.4 Å². The molecular weight excluding hydrogens is 226 g/mol. The second-order valence-electron chi connectivity index (χ2n) is 4.21. The molecule has 2 aromatic rings. The second kappa shape index (κ2) is 5.54. The molecule has 0 saturated heterocycles. The van der Waals surface area contributed by atoms with E-state index in [1.54, 1.807) is 0 Å².